The third-order valence-corrected chi connectivity index (χ3v) is 5.35. The van der Waals surface area contributed by atoms with Crippen molar-refractivity contribution in [1.82, 2.24) is 5.43 Å². The summed E-state index contributed by atoms with van der Waals surface area (Å²) >= 11 is 9.49. The number of hydrazone groups is 1. The van der Waals surface area contributed by atoms with Crippen molar-refractivity contribution in [1.29, 1.82) is 0 Å². The number of rotatable bonds is 7. The molecule has 0 radical (unpaired) electrons. The van der Waals surface area contributed by atoms with Crippen molar-refractivity contribution in [3.05, 3.63) is 86.8 Å². The number of halogens is 2. The standard InChI is InChI=1S/C24H21BrClN3O4/c1-15-11-18(25)8-9-20(15)28-23(30)24(31)29-27-13-16-7-10-21(32-2)17(12-16)14-33-22-6-4-3-5-19(22)26/h3-13H,14H2,1-2H3,(H,28,30)(H,29,31). The number of nitrogens with zero attached hydrogens (tertiary/aromatic N) is 1. The second-order valence-electron chi connectivity index (χ2n) is 6.90. The number of amides is 2. The smallest absolute Gasteiger partial charge is 0.329 e. The Hall–Kier alpha value is -3.36. The first-order valence-electron chi connectivity index (χ1n) is 9.82. The Labute approximate surface area is 204 Å². The van der Waals surface area contributed by atoms with Crippen LogP contribution >= 0.6 is 27.5 Å². The second-order valence-corrected chi connectivity index (χ2v) is 8.23. The molecule has 0 aliphatic rings. The van der Waals surface area contributed by atoms with E-state index in [0.717, 1.165) is 15.6 Å². The van der Waals surface area contributed by atoms with Crippen LogP contribution in [0.2, 0.25) is 5.02 Å². The van der Waals surface area contributed by atoms with E-state index in [0.29, 0.717) is 27.8 Å². The molecule has 0 aromatic heterocycles. The molecule has 0 saturated carbocycles. The van der Waals surface area contributed by atoms with Crippen molar-refractivity contribution < 1.29 is 19.1 Å². The summed E-state index contributed by atoms with van der Waals surface area (Å²) in [5.41, 5.74) is 5.02. The fraction of sp³-hybridized carbons (Fsp3) is 0.125. The minimum absolute atomic E-state index is 0.218. The fourth-order valence-corrected chi connectivity index (χ4v) is 3.54. The van der Waals surface area contributed by atoms with Crippen LogP contribution in [0.3, 0.4) is 0 Å². The van der Waals surface area contributed by atoms with Crippen LogP contribution in [-0.2, 0) is 16.2 Å². The molecule has 0 saturated heterocycles. The van der Waals surface area contributed by atoms with Crippen molar-refractivity contribution in [2.75, 3.05) is 12.4 Å². The number of benzene rings is 3. The molecule has 0 unspecified atom stereocenters. The molecular formula is C24H21BrClN3O4. The maximum atomic E-state index is 12.1. The average molecular weight is 531 g/mol. The van der Waals surface area contributed by atoms with E-state index in [9.17, 15) is 9.59 Å². The molecule has 7 nitrogen and oxygen atoms in total. The molecule has 3 aromatic rings. The lowest BCUT2D eigenvalue weighted by molar-refractivity contribution is -0.136. The Morgan fingerprint density at radius 3 is 2.58 bits per heavy atom. The molecule has 33 heavy (non-hydrogen) atoms. The van der Waals surface area contributed by atoms with Gasteiger partial charge in [0.2, 0.25) is 0 Å². The summed E-state index contributed by atoms with van der Waals surface area (Å²) in [4.78, 5) is 24.2. The monoisotopic (exact) mass is 529 g/mol. The first kappa shape index (κ1) is 24.3. The molecule has 0 bridgehead atoms. The van der Waals surface area contributed by atoms with E-state index in [1.54, 1.807) is 49.6 Å². The topological polar surface area (TPSA) is 89.0 Å². The number of carbonyl (C=O) groups excluding carboxylic acids is 2. The van der Waals surface area contributed by atoms with Crippen LogP contribution in [0.25, 0.3) is 0 Å². The summed E-state index contributed by atoms with van der Waals surface area (Å²) in [5, 5.41) is 6.94. The summed E-state index contributed by atoms with van der Waals surface area (Å²) in [5.74, 6) is -0.516. The normalized spacial score (nSPS) is 10.7. The summed E-state index contributed by atoms with van der Waals surface area (Å²) in [7, 11) is 1.56. The molecule has 0 aliphatic carbocycles. The van der Waals surface area contributed by atoms with Crippen molar-refractivity contribution in [3.8, 4) is 11.5 Å². The Balaban J connectivity index is 1.61. The SMILES string of the molecule is COc1ccc(C=NNC(=O)C(=O)Nc2ccc(Br)cc2C)cc1COc1ccccc1Cl. The molecule has 0 aliphatic heterocycles. The number of nitrogens with one attached hydrogen (secondary N) is 2. The van der Waals surface area contributed by atoms with Crippen molar-refractivity contribution >= 4 is 51.2 Å². The quantitative estimate of drug-likeness (QED) is 0.253. The molecule has 0 atom stereocenters. The zero-order chi connectivity index (χ0) is 23.8. The van der Waals surface area contributed by atoms with Gasteiger partial charge in [0.15, 0.2) is 0 Å². The molecule has 2 N–H and O–H groups in total. The van der Waals surface area contributed by atoms with E-state index in [1.807, 2.05) is 25.1 Å². The average Bonchev–Trinajstić information content (AvgIpc) is 2.80. The number of carbonyl (C=O) groups is 2. The van der Waals surface area contributed by atoms with Gasteiger partial charge in [0, 0.05) is 15.7 Å². The Morgan fingerprint density at radius 2 is 1.85 bits per heavy atom. The van der Waals surface area contributed by atoms with E-state index < -0.39 is 11.8 Å². The van der Waals surface area contributed by atoms with Crippen molar-refractivity contribution in [3.63, 3.8) is 0 Å². The minimum atomic E-state index is -0.885. The lowest BCUT2D eigenvalue weighted by Crippen LogP contribution is -2.32. The predicted octanol–water partition coefficient (Wildman–Crippen LogP) is 5.09. The lowest BCUT2D eigenvalue weighted by atomic mass is 10.1. The Bertz CT molecular complexity index is 1200. The van der Waals surface area contributed by atoms with Crippen LogP contribution in [0.1, 0.15) is 16.7 Å². The van der Waals surface area contributed by atoms with Gasteiger partial charge in [0.1, 0.15) is 18.1 Å². The van der Waals surface area contributed by atoms with E-state index in [1.165, 1.54) is 6.21 Å². The Morgan fingerprint density at radius 1 is 1.06 bits per heavy atom. The zero-order valence-corrected chi connectivity index (χ0v) is 20.2. The Kier molecular flexibility index (Phi) is 8.46. The predicted molar refractivity (Wildman–Crippen MR) is 132 cm³/mol. The van der Waals surface area contributed by atoms with Crippen LogP contribution in [0.4, 0.5) is 5.69 Å². The highest BCUT2D eigenvalue weighted by Crippen LogP contribution is 2.26. The van der Waals surface area contributed by atoms with Gasteiger partial charge in [-0.2, -0.15) is 5.10 Å². The molecule has 3 rings (SSSR count). The van der Waals surface area contributed by atoms with Crippen LogP contribution in [0.5, 0.6) is 11.5 Å². The van der Waals surface area contributed by atoms with Gasteiger partial charge in [-0.25, -0.2) is 5.43 Å². The fourth-order valence-electron chi connectivity index (χ4n) is 2.87. The first-order valence-corrected chi connectivity index (χ1v) is 11.0. The summed E-state index contributed by atoms with van der Waals surface area (Å²) in [6.45, 7) is 2.04. The summed E-state index contributed by atoms with van der Waals surface area (Å²) < 4.78 is 12.0. The van der Waals surface area contributed by atoms with Crippen molar-refractivity contribution in [2.24, 2.45) is 5.10 Å². The van der Waals surface area contributed by atoms with Gasteiger partial charge in [0.05, 0.1) is 18.3 Å². The number of aryl methyl sites for hydroxylation is 1. The third-order valence-electron chi connectivity index (χ3n) is 4.55. The number of hydrogen-bond donors (Lipinski definition) is 2. The zero-order valence-electron chi connectivity index (χ0n) is 17.9. The number of para-hydroxylation sites is 1. The first-order chi connectivity index (χ1) is 15.9. The molecule has 3 aromatic carbocycles. The lowest BCUT2D eigenvalue weighted by Gasteiger charge is -2.12. The summed E-state index contributed by atoms with van der Waals surface area (Å²) in [6, 6.07) is 17.8. The molecule has 0 fully saturated rings. The molecule has 170 valence electrons. The van der Waals surface area contributed by atoms with Crippen LogP contribution in [-0.4, -0.2) is 25.1 Å². The van der Waals surface area contributed by atoms with Crippen LogP contribution in [0, 0.1) is 6.92 Å². The van der Waals surface area contributed by atoms with E-state index >= 15 is 0 Å². The van der Waals surface area contributed by atoms with Gasteiger partial charge in [-0.15, -0.1) is 0 Å². The van der Waals surface area contributed by atoms with Gasteiger partial charge in [-0.1, -0.05) is 39.7 Å². The highest BCUT2D eigenvalue weighted by molar-refractivity contribution is 9.10. The molecule has 0 heterocycles. The largest absolute Gasteiger partial charge is 0.496 e. The maximum absolute atomic E-state index is 12.1. The molecule has 2 amide bonds. The van der Waals surface area contributed by atoms with Crippen LogP contribution in [0.15, 0.2) is 70.2 Å². The summed E-state index contributed by atoms with van der Waals surface area (Å²) in [6.07, 6.45) is 1.43. The van der Waals surface area contributed by atoms with Gasteiger partial charge in [-0.05, 0) is 66.6 Å². The number of anilines is 1. The minimum Gasteiger partial charge on any atom is -0.496 e. The van der Waals surface area contributed by atoms with E-state index in [-0.39, 0.29) is 6.61 Å². The number of methoxy groups -OCH3 is 1. The molecular weight excluding hydrogens is 510 g/mol. The van der Waals surface area contributed by atoms with E-state index in [2.05, 4.69) is 31.8 Å². The van der Waals surface area contributed by atoms with Gasteiger partial charge >= 0.3 is 11.8 Å². The van der Waals surface area contributed by atoms with Gasteiger partial charge in [0.25, 0.3) is 0 Å². The third kappa shape index (κ3) is 6.81. The van der Waals surface area contributed by atoms with E-state index in [4.69, 9.17) is 21.1 Å². The second kappa shape index (κ2) is 11.5. The maximum Gasteiger partial charge on any atom is 0.329 e. The highest BCUT2D eigenvalue weighted by Gasteiger charge is 2.14. The number of ether oxygens (including phenoxy) is 2. The van der Waals surface area contributed by atoms with Gasteiger partial charge in [-0.3, -0.25) is 9.59 Å². The molecule has 0 spiro atoms. The molecule has 9 heteroatoms. The number of hydrogen-bond acceptors (Lipinski definition) is 5. The van der Waals surface area contributed by atoms with Crippen LogP contribution < -0.4 is 20.2 Å². The van der Waals surface area contributed by atoms with Crippen molar-refractivity contribution in [2.45, 2.75) is 13.5 Å². The highest BCUT2D eigenvalue weighted by atomic mass is 79.9. The van der Waals surface area contributed by atoms with Gasteiger partial charge < -0.3 is 14.8 Å².